The monoisotopic (exact) mass is 278 g/mol. The fraction of sp³-hybridized carbons (Fsp3) is 0.467. The Morgan fingerprint density at radius 2 is 1.85 bits per heavy atom. The zero-order chi connectivity index (χ0) is 15.0. The van der Waals surface area contributed by atoms with Crippen LogP contribution in [-0.2, 0) is 4.79 Å². The highest BCUT2D eigenvalue weighted by atomic mass is 16.3. The molecule has 0 aliphatic rings. The van der Waals surface area contributed by atoms with Crippen molar-refractivity contribution >= 4 is 11.8 Å². The summed E-state index contributed by atoms with van der Waals surface area (Å²) >= 11 is 0. The Bertz CT molecular complexity index is 434. The fourth-order valence-corrected chi connectivity index (χ4v) is 1.61. The molecule has 0 saturated carbocycles. The standard InChI is InChI=1S/C15H22N2O3/c1-11(10-18)12(2)17-14(19)8-9-16-15(20)13-6-4-3-5-7-13/h3-7,11-12,18H,8-10H2,1-2H3,(H,16,20)(H,17,19). The van der Waals surface area contributed by atoms with Crippen molar-refractivity contribution in [2.24, 2.45) is 5.92 Å². The lowest BCUT2D eigenvalue weighted by molar-refractivity contribution is -0.121. The molecule has 5 nitrogen and oxygen atoms in total. The maximum Gasteiger partial charge on any atom is 0.251 e. The molecule has 0 heterocycles. The molecular formula is C15H22N2O3. The second-order valence-corrected chi connectivity index (χ2v) is 4.89. The van der Waals surface area contributed by atoms with Crippen LogP contribution in [0.2, 0.25) is 0 Å². The predicted molar refractivity (Wildman–Crippen MR) is 77.2 cm³/mol. The van der Waals surface area contributed by atoms with Crippen LogP contribution in [0.25, 0.3) is 0 Å². The summed E-state index contributed by atoms with van der Waals surface area (Å²) in [5.41, 5.74) is 0.579. The maximum absolute atomic E-state index is 11.7. The van der Waals surface area contributed by atoms with Gasteiger partial charge in [0.05, 0.1) is 0 Å². The smallest absolute Gasteiger partial charge is 0.251 e. The van der Waals surface area contributed by atoms with E-state index in [1.165, 1.54) is 0 Å². The molecule has 0 bridgehead atoms. The first kappa shape index (κ1) is 16.2. The van der Waals surface area contributed by atoms with Gasteiger partial charge in [0.1, 0.15) is 0 Å². The molecule has 0 aliphatic heterocycles. The lowest BCUT2D eigenvalue weighted by Crippen LogP contribution is -2.39. The van der Waals surface area contributed by atoms with E-state index in [2.05, 4.69) is 10.6 Å². The topological polar surface area (TPSA) is 78.4 Å². The van der Waals surface area contributed by atoms with Crippen LogP contribution in [0.1, 0.15) is 30.6 Å². The minimum Gasteiger partial charge on any atom is -0.396 e. The van der Waals surface area contributed by atoms with E-state index in [-0.39, 0.29) is 36.8 Å². The SMILES string of the molecule is CC(CO)C(C)NC(=O)CCNC(=O)c1ccccc1. The Hall–Kier alpha value is -1.88. The zero-order valence-corrected chi connectivity index (χ0v) is 11.9. The summed E-state index contributed by atoms with van der Waals surface area (Å²) in [6.07, 6.45) is 0.223. The number of carbonyl (C=O) groups excluding carboxylic acids is 2. The zero-order valence-electron chi connectivity index (χ0n) is 11.9. The van der Waals surface area contributed by atoms with Crippen LogP contribution in [0.3, 0.4) is 0 Å². The number of amides is 2. The molecule has 2 unspecified atom stereocenters. The van der Waals surface area contributed by atoms with Gasteiger partial charge in [-0.3, -0.25) is 9.59 Å². The first-order chi connectivity index (χ1) is 9.54. The van der Waals surface area contributed by atoms with E-state index < -0.39 is 0 Å². The Kier molecular flexibility index (Phi) is 6.73. The average Bonchev–Trinajstić information content (AvgIpc) is 2.47. The van der Waals surface area contributed by atoms with Crippen LogP contribution >= 0.6 is 0 Å². The van der Waals surface area contributed by atoms with Crippen LogP contribution in [0.4, 0.5) is 0 Å². The summed E-state index contributed by atoms with van der Waals surface area (Å²) in [5, 5.41) is 14.5. The molecule has 20 heavy (non-hydrogen) atoms. The van der Waals surface area contributed by atoms with E-state index in [0.29, 0.717) is 12.1 Å². The molecule has 0 radical (unpaired) electrons. The summed E-state index contributed by atoms with van der Waals surface area (Å²) in [7, 11) is 0. The molecule has 1 aromatic carbocycles. The normalized spacial score (nSPS) is 13.3. The van der Waals surface area contributed by atoms with Gasteiger partial charge in [-0.05, 0) is 25.0 Å². The summed E-state index contributed by atoms with van der Waals surface area (Å²) in [4.78, 5) is 23.4. The van der Waals surface area contributed by atoms with E-state index in [0.717, 1.165) is 0 Å². The molecule has 110 valence electrons. The Balaban J connectivity index is 2.27. The molecule has 2 atom stereocenters. The number of benzene rings is 1. The van der Waals surface area contributed by atoms with Crippen LogP contribution in [0.5, 0.6) is 0 Å². The molecule has 2 amide bonds. The molecule has 1 aromatic rings. The number of aliphatic hydroxyl groups excluding tert-OH is 1. The van der Waals surface area contributed by atoms with Gasteiger partial charge in [-0.2, -0.15) is 0 Å². The molecule has 3 N–H and O–H groups in total. The van der Waals surface area contributed by atoms with Gasteiger partial charge in [0, 0.05) is 31.2 Å². The van der Waals surface area contributed by atoms with Crippen LogP contribution in [-0.4, -0.2) is 36.1 Å². The van der Waals surface area contributed by atoms with Gasteiger partial charge in [0.2, 0.25) is 5.91 Å². The highest BCUT2D eigenvalue weighted by Crippen LogP contribution is 2.01. The van der Waals surface area contributed by atoms with Crippen molar-refractivity contribution in [2.45, 2.75) is 26.3 Å². The number of hydrogen-bond acceptors (Lipinski definition) is 3. The Labute approximate surface area is 119 Å². The largest absolute Gasteiger partial charge is 0.396 e. The molecule has 5 heteroatoms. The number of nitrogens with one attached hydrogen (secondary N) is 2. The number of hydrogen-bond donors (Lipinski definition) is 3. The molecule has 1 rings (SSSR count). The highest BCUT2D eigenvalue weighted by Gasteiger charge is 2.13. The predicted octanol–water partition coefficient (Wildman–Crippen LogP) is 0.940. The van der Waals surface area contributed by atoms with Crippen molar-refractivity contribution in [3.63, 3.8) is 0 Å². The molecular weight excluding hydrogens is 256 g/mol. The summed E-state index contributed by atoms with van der Waals surface area (Å²) in [6.45, 7) is 4.04. The van der Waals surface area contributed by atoms with Gasteiger partial charge >= 0.3 is 0 Å². The van der Waals surface area contributed by atoms with E-state index in [4.69, 9.17) is 5.11 Å². The van der Waals surface area contributed by atoms with E-state index in [1.54, 1.807) is 24.3 Å². The molecule has 0 fully saturated rings. The van der Waals surface area contributed by atoms with E-state index in [9.17, 15) is 9.59 Å². The van der Waals surface area contributed by atoms with Crippen LogP contribution in [0.15, 0.2) is 30.3 Å². The van der Waals surface area contributed by atoms with Crippen molar-refractivity contribution < 1.29 is 14.7 Å². The second kappa shape index (κ2) is 8.32. The summed E-state index contributed by atoms with van der Waals surface area (Å²) in [6, 6.07) is 8.78. The lowest BCUT2D eigenvalue weighted by atomic mass is 10.1. The molecule has 0 saturated heterocycles. The summed E-state index contributed by atoms with van der Waals surface area (Å²) < 4.78 is 0. The van der Waals surface area contributed by atoms with Crippen molar-refractivity contribution in [3.8, 4) is 0 Å². The van der Waals surface area contributed by atoms with Gasteiger partial charge < -0.3 is 15.7 Å². The minimum atomic E-state index is -0.185. The minimum absolute atomic E-state index is 0.0119. The Morgan fingerprint density at radius 1 is 1.20 bits per heavy atom. The van der Waals surface area contributed by atoms with Gasteiger partial charge in [-0.15, -0.1) is 0 Å². The van der Waals surface area contributed by atoms with E-state index >= 15 is 0 Å². The lowest BCUT2D eigenvalue weighted by Gasteiger charge is -2.19. The average molecular weight is 278 g/mol. The first-order valence-corrected chi connectivity index (χ1v) is 6.78. The summed E-state index contributed by atoms with van der Waals surface area (Å²) in [5.74, 6) is -0.306. The molecule has 0 aromatic heterocycles. The van der Waals surface area contributed by atoms with Gasteiger partial charge in [0.15, 0.2) is 0 Å². The van der Waals surface area contributed by atoms with Gasteiger partial charge in [-0.25, -0.2) is 0 Å². The third-order valence-electron chi connectivity index (χ3n) is 3.20. The maximum atomic E-state index is 11.7. The van der Waals surface area contributed by atoms with Crippen molar-refractivity contribution in [1.29, 1.82) is 0 Å². The van der Waals surface area contributed by atoms with Crippen molar-refractivity contribution in [3.05, 3.63) is 35.9 Å². The second-order valence-electron chi connectivity index (χ2n) is 4.89. The number of carbonyl (C=O) groups is 2. The fourth-order valence-electron chi connectivity index (χ4n) is 1.61. The van der Waals surface area contributed by atoms with E-state index in [1.807, 2.05) is 19.9 Å². The van der Waals surface area contributed by atoms with Gasteiger partial charge in [-0.1, -0.05) is 25.1 Å². The Morgan fingerprint density at radius 3 is 2.45 bits per heavy atom. The van der Waals surface area contributed by atoms with Crippen molar-refractivity contribution in [1.82, 2.24) is 10.6 Å². The third kappa shape index (κ3) is 5.40. The van der Waals surface area contributed by atoms with Gasteiger partial charge in [0.25, 0.3) is 5.91 Å². The quantitative estimate of drug-likeness (QED) is 0.694. The third-order valence-corrected chi connectivity index (χ3v) is 3.20. The number of aliphatic hydroxyl groups is 1. The first-order valence-electron chi connectivity index (χ1n) is 6.78. The van der Waals surface area contributed by atoms with Crippen molar-refractivity contribution in [2.75, 3.05) is 13.2 Å². The number of rotatable bonds is 7. The molecule has 0 aliphatic carbocycles. The van der Waals surface area contributed by atoms with Crippen LogP contribution < -0.4 is 10.6 Å². The van der Waals surface area contributed by atoms with Crippen LogP contribution in [0, 0.1) is 5.92 Å². The molecule has 0 spiro atoms. The highest BCUT2D eigenvalue weighted by molar-refractivity contribution is 5.94.